The van der Waals surface area contributed by atoms with Crippen LogP contribution >= 0.6 is 22.9 Å². The van der Waals surface area contributed by atoms with E-state index in [1.54, 1.807) is 6.08 Å². The first-order valence-corrected chi connectivity index (χ1v) is 10.4. The SMILES string of the molecule is CC(C)(C)c1ccc(/C=c2/sc3nc(/C=C/c4ccc(Cl)cc4)nn3c2=O)cc1. The molecule has 2 aromatic heterocycles. The first kappa shape index (κ1) is 19.6. The lowest BCUT2D eigenvalue weighted by Gasteiger charge is -2.18. The zero-order chi connectivity index (χ0) is 20.6. The lowest BCUT2D eigenvalue weighted by atomic mass is 9.87. The van der Waals surface area contributed by atoms with Crippen LogP contribution in [-0.4, -0.2) is 14.6 Å². The van der Waals surface area contributed by atoms with Crippen LogP contribution in [0.25, 0.3) is 23.2 Å². The fourth-order valence-corrected chi connectivity index (χ4v) is 3.94. The van der Waals surface area contributed by atoms with Crippen LogP contribution < -0.4 is 10.1 Å². The van der Waals surface area contributed by atoms with Crippen molar-refractivity contribution in [2.45, 2.75) is 26.2 Å². The van der Waals surface area contributed by atoms with E-state index in [1.807, 2.05) is 48.6 Å². The van der Waals surface area contributed by atoms with E-state index in [2.05, 4.69) is 43.0 Å². The van der Waals surface area contributed by atoms with Gasteiger partial charge in [0.1, 0.15) is 0 Å². The standard InChI is InChI=1S/C23H20ClN3OS/c1-23(2,3)17-9-4-16(5-10-17)14-19-21(28)27-22(29-19)25-20(26-27)13-8-15-6-11-18(24)12-7-15/h4-14H,1-3H3/b13-8+,19-14+. The monoisotopic (exact) mass is 421 g/mol. The van der Waals surface area contributed by atoms with Crippen LogP contribution in [-0.2, 0) is 5.41 Å². The summed E-state index contributed by atoms with van der Waals surface area (Å²) in [6.45, 7) is 6.54. The minimum Gasteiger partial charge on any atom is -0.266 e. The highest BCUT2D eigenvalue weighted by Gasteiger charge is 2.13. The van der Waals surface area contributed by atoms with Crippen molar-refractivity contribution in [1.29, 1.82) is 0 Å². The molecule has 6 heteroatoms. The molecule has 0 aliphatic carbocycles. The van der Waals surface area contributed by atoms with Gasteiger partial charge in [-0.3, -0.25) is 4.79 Å². The molecule has 0 bridgehead atoms. The maximum atomic E-state index is 12.7. The van der Waals surface area contributed by atoms with E-state index in [4.69, 9.17) is 11.6 Å². The summed E-state index contributed by atoms with van der Waals surface area (Å²) in [6.07, 6.45) is 5.57. The molecule has 0 radical (unpaired) electrons. The number of aromatic nitrogens is 3. The maximum absolute atomic E-state index is 12.7. The number of hydrogen-bond acceptors (Lipinski definition) is 4. The highest BCUT2D eigenvalue weighted by atomic mass is 35.5. The fraction of sp³-hybridized carbons (Fsp3) is 0.174. The number of rotatable bonds is 3. The summed E-state index contributed by atoms with van der Waals surface area (Å²) in [7, 11) is 0. The van der Waals surface area contributed by atoms with Crippen molar-refractivity contribution in [2.24, 2.45) is 0 Å². The second kappa shape index (κ2) is 7.58. The van der Waals surface area contributed by atoms with Crippen molar-refractivity contribution >= 4 is 46.1 Å². The normalized spacial score (nSPS) is 13.0. The Morgan fingerprint density at radius 2 is 1.62 bits per heavy atom. The minimum atomic E-state index is -0.149. The van der Waals surface area contributed by atoms with Gasteiger partial charge in [-0.05, 0) is 46.4 Å². The van der Waals surface area contributed by atoms with E-state index < -0.39 is 0 Å². The first-order valence-electron chi connectivity index (χ1n) is 9.25. The molecule has 0 amide bonds. The van der Waals surface area contributed by atoms with Gasteiger partial charge in [-0.25, -0.2) is 0 Å². The van der Waals surface area contributed by atoms with Gasteiger partial charge >= 0.3 is 0 Å². The summed E-state index contributed by atoms with van der Waals surface area (Å²) in [5.41, 5.74) is 3.19. The van der Waals surface area contributed by atoms with E-state index in [0.29, 0.717) is 20.3 Å². The summed E-state index contributed by atoms with van der Waals surface area (Å²) >= 11 is 7.24. The molecule has 0 saturated carbocycles. The molecule has 146 valence electrons. The van der Waals surface area contributed by atoms with Gasteiger partial charge in [0.2, 0.25) is 4.96 Å². The summed E-state index contributed by atoms with van der Waals surface area (Å²) in [6, 6.07) is 15.8. The second-order valence-corrected chi connectivity index (χ2v) is 9.28. The van der Waals surface area contributed by atoms with Gasteiger partial charge in [0.25, 0.3) is 5.56 Å². The zero-order valence-electron chi connectivity index (χ0n) is 16.4. The zero-order valence-corrected chi connectivity index (χ0v) is 18.0. The predicted octanol–water partition coefficient (Wildman–Crippen LogP) is 4.82. The molecule has 0 unspecified atom stereocenters. The van der Waals surface area contributed by atoms with Gasteiger partial charge in [-0.2, -0.15) is 9.50 Å². The third-order valence-electron chi connectivity index (χ3n) is 4.57. The molecular weight excluding hydrogens is 402 g/mol. The van der Waals surface area contributed by atoms with Crippen molar-refractivity contribution in [2.75, 3.05) is 0 Å². The highest BCUT2D eigenvalue weighted by Crippen LogP contribution is 2.22. The maximum Gasteiger partial charge on any atom is 0.291 e. The van der Waals surface area contributed by atoms with Crippen LogP contribution in [0.15, 0.2) is 53.3 Å². The number of fused-ring (bicyclic) bond motifs is 1. The van der Waals surface area contributed by atoms with Crippen molar-refractivity contribution in [3.05, 3.63) is 91.0 Å². The molecule has 2 heterocycles. The Hall–Kier alpha value is -2.76. The third-order valence-corrected chi connectivity index (χ3v) is 5.78. The highest BCUT2D eigenvalue weighted by molar-refractivity contribution is 7.15. The second-order valence-electron chi connectivity index (χ2n) is 7.84. The Morgan fingerprint density at radius 1 is 0.966 bits per heavy atom. The number of nitrogens with zero attached hydrogens (tertiary/aromatic N) is 3. The van der Waals surface area contributed by atoms with Gasteiger partial charge in [0.15, 0.2) is 5.82 Å². The molecule has 0 fully saturated rings. The number of benzene rings is 2. The van der Waals surface area contributed by atoms with E-state index in [-0.39, 0.29) is 11.0 Å². The Kier molecular flexibility index (Phi) is 5.11. The van der Waals surface area contributed by atoms with Crippen LogP contribution in [0.2, 0.25) is 5.02 Å². The molecular formula is C23H20ClN3OS. The molecule has 4 aromatic rings. The number of hydrogen-bond donors (Lipinski definition) is 0. The van der Waals surface area contributed by atoms with Gasteiger partial charge in [-0.1, -0.05) is 86.2 Å². The molecule has 0 spiro atoms. The largest absolute Gasteiger partial charge is 0.291 e. The predicted molar refractivity (Wildman–Crippen MR) is 121 cm³/mol. The number of thiazole rings is 1. The summed E-state index contributed by atoms with van der Waals surface area (Å²) < 4.78 is 1.98. The molecule has 0 N–H and O–H groups in total. The van der Waals surface area contributed by atoms with Gasteiger partial charge in [-0.15, -0.1) is 5.10 Å². The molecule has 4 nitrogen and oxygen atoms in total. The van der Waals surface area contributed by atoms with Gasteiger partial charge < -0.3 is 0 Å². The topological polar surface area (TPSA) is 47.3 Å². The van der Waals surface area contributed by atoms with Crippen molar-refractivity contribution < 1.29 is 0 Å². The van der Waals surface area contributed by atoms with E-state index in [0.717, 1.165) is 11.1 Å². The third kappa shape index (κ3) is 4.31. The summed E-state index contributed by atoms with van der Waals surface area (Å²) in [5, 5.41) is 5.01. The van der Waals surface area contributed by atoms with Crippen LogP contribution in [0.5, 0.6) is 0 Å². The Labute approximate surface area is 177 Å². The van der Waals surface area contributed by atoms with E-state index >= 15 is 0 Å². The lowest BCUT2D eigenvalue weighted by Crippen LogP contribution is -2.23. The van der Waals surface area contributed by atoms with E-state index in [1.165, 1.54) is 21.4 Å². The van der Waals surface area contributed by atoms with Crippen molar-refractivity contribution in [3.8, 4) is 0 Å². The quantitative estimate of drug-likeness (QED) is 0.476. The van der Waals surface area contributed by atoms with Crippen LogP contribution in [0.1, 0.15) is 43.3 Å². The minimum absolute atomic E-state index is 0.103. The van der Waals surface area contributed by atoms with Gasteiger partial charge in [0, 0.05) is 5.02 Å². The molecule has 0 aliphatic rings. The molecule has 4 rings (SSSR count). The molecule has 0 atom stereocenters. The molecule has 2 aromatic carbocycles. The Balaban J connectivity index is 1.62. The van der Waals surface area contributed by atoms with Crippen LogP contribution in [0.3, 0.4) is 0 Å². The number of halogens is 1. The van der Waals surface area contributed by atoms with Crippen molar-refractivity contribution in [3.63, 3.8) is 0 Å². The van der Waals surface area contributed by atoms with Crippen LogP contribution in [0.4, 0.5) is 0 Å². The van der Waals surface area contributed by atoms with Crippen molar-refractivity contribution in [1.82, 2.24) is 14.6 Å². The van der Waals surface area contributed by atoms with Gasteiger partial charge in [0.05, 0.1) is 4.53 Å². The first-order chi connectivity index (χ1) is 13.8. The molecule has 0 aliphatic heterocycles. The summed E-state index contributed by atoms with van der Waals surface area (Å²) in [5.74, 6) is 0.504. The average Bonchev–Trinajstić information content (AvgIpc) is 3.20. The summed E-state index contributed by atoms with van der Waals surface area (Å²) in [4.78, 5) is 17.7. The molecule has 0 saturated heterocycles. The van der Waals surface area contributed by atoms with E-state index in [9.17, 15) is 4.79 Å². The van der Waals surface area contributed by atoms with Crippen LogP contribution in [0, 0.1) is 0 Å². The smallest absolute Gasteiger partial charge is 0.266 e. The fourth-order valence-electron chi connectivity index (χ4n) is 2.89. The lowest BCUT2D eigenvalue weighted by molar-refractivity contribution is 0.590. The Morgan fingerprint density at radius 3 is 2.24 bits per heavy atom. The molecule has 29 heavy (non-hydrogen) atoms. The average molecular weight is 422 g/mol. The Bertz CT molecular complexity index is 1290.